The second kappa shape index (κ2) is 7.96. The lowest BCUT2D eigenvalue weighted by molar-refractivity contribution is 0.527. The smallest absolute Gasteiger partial charge is 0.0410 e. The van der Waals surface area contributed by atoms with E-state index in [0.717, 1.165) is 24.4 Å². The quantitative estimate of drug-likeness (QED) is 0.716. The molecule has 1 N–H and O–H groups in total. The largest absolute Gasteiger partial charge is 0.310 e. The van der Waals surface area contributed by atoms with Crippen LogP contribution in [0.1, 0.15) is 30.5 Å². The summed E-state index contributed by atoms with van der Waals surface area (Å²) in [6.45, 7) is 3.18. The van der Waals surface area contributed by atoms with Crippen molar-refractivity contribution in [1.29, 1.82) is 0 Å². The van der Waals surface area contributed by atoms with Crippen LogP contribution in [0.4, 0.5) is 0 Å². The number of pyridine rings is 1. The van der Waals surface area contributed by atoms with Gasteiger partial charge in [0.25, 0.3) is 0 Å². The van der Waals surface area contributed by atoms with E-state index in [1.807, 2.05) is 18.5 Å². The number of benzene rings is 1. The number of hydrogen-bond acceptors (Lipinski definition) is 2. The first kappa shape index (κ1) is 15.7. The van der Waals surface area contributed by atoms with Crippen molar-refractivity contribution in [3.05, 3.63) is 62.4 Å². The maximum Gasteiger partial charge on any atom is 0.0410 e. The van der Waals surface area contributed by atoms with Gasteiger partial charge in [0.2, 0.25) is 0 Å². The fourth-order valence-corrected chi connectivity index (χ4v) is 3.04. The molecule has 20 heavy (non-hydrogen) atoms. The van der Waals surface area contributed by atoms with Gasteiger partial charge in [0, 0.05) is 27.0 Å². The summed E-state index contributed by atoms with van der Waals surface area (Å²) in [7, 11) is 0. The van der Waals surface area contributed by atoms with Crippen molar-refractivity contribution < 1.29 is 0 Å². The third-order valence-corrected chi connectivity index (χ3v) is 4.38. The van der Waals surface area contributed by atoms with Crippen LogP contribution in [0.3, 0.4) is 0 Å². The third-order valence-electron chi connectivity index (χ3n) is 3.16. The van der Waals surface area contributed by atoms with Crippen LogP contribution >= 0.6 is 34.2 Å². The second-order valence-electron chi connectivity index (χ2n) is 4.73. The zero-order valence-electron chi connectivity index (χ0n) is 11.4. The number of nitrogens with one attached hydrogen (secondary N) is 1. The second-order valence-corrected chi connectivity index (χ2v) is 6.33. The summed E-state index contributed by atoms with van der Waals surface area (Å²) in [6, 6.07) is 10.5. The Morgan fingerprint density at radius 3 is 2.70 bits per heavy atom. The van der Waals surface area contributed by atoms with E-state index in [4.69, 9.17) is 11.6 Å². The van der Waals surface area contributed by atoms with E-state index in [9.17, 15) is 0 Å². The molecule has 1 heterocycles. The van der Waals surface area contributed by atoms with Gasteiger partial charge in [0.05, 0.1) is 0 Å². The van der Waals surface area contributed by atoms with Gasteiger partial charge in [-0.2, -0.15) is 0 Å². The SMILES string of the molecule is CCCNC(Cc1ccncc1)c1cc(Cl)ccc1I. The number of hydrogen-bond donors (Lipinski definition) is 1. The van der Waals surface area contributed by atoms with Crippen LogP contribution in [-0.4, -0.2) is 11.5 Å². The highest BCUT2D eigenvalue weighted by molar-refractivity contribution is 14.1. The Kier molecular flexibility index (Phi) is 6.26. The Hall–Kier alpha value is -0.650. The minimum Gasteiger partial charge on any atom is -0.310 e. The van der Waals surface area contributed by atoms with E-state index < -0.39 is 0 Å². The summed E-state index contributed by atoms with van der Waals surface area (Å²) >= 11 is 8.53. The molecule has 0 amide bonds. The highest BCUT2D eigenvalue weighted by Gasteiger charge is 2.15. The molecule has 0 aliphatic rings. The van der Waals surface area contributed by atoms with E-state index in [-0.39, 0.29) is 6.04 Å². The normalized spacial score (nSPS) is 12.3. The molecule has 0 bridgehead atoms. The summed E-state index contributed by atoms with van der Waals surface area (Å²) in [4.78, 5) is 4.08. The van der Waals surface area contributed by atoms with Crippen molar-refractivity contribution in [2.24, 2.45) is 0 Å². The Morgan fingerprint density at radius 1 is 1.25 bits per heavy atom. The van der Waals surface area contributed by atoms with Gasteiger partial charge < -0.3 is 5.32 Å². The Balaban J connectivity index is 2.24. The molecule has 0 aliphatic carbocycles. The first-order valence-corrected chi connectivity index (χ1v) is 8.23. The van der Waals surface area contributed by atoms with Crippen LogP contribution < -0.4 is 5.32 Å². The van der Waals surface area contributed by atoms with E-state index >= 15 is 0 Å². The minimum atomic E-state index is 0.281. The van der Waals surface area contributed by atoms with Crippen LogP contribution in [0.25, 0.3) is 0 Å². The van der Waals surface area contributed by atoms with Gasteiger partial charge in [-0.1, -0.05) is 18.5 Å². The summed E-state index contributed by atoms with van der Waals surface area (Å²) in [5, 5.41) is 4.41. The average molecular weight is 401 g/mol. The van der Waals surface area contributed by atoms with Crippen molar-refractivity contribution >= 4 is 34.2 Å². The maximum atomic E-state index is 6.16. The number of rotatable bonds is 6. The van der Waals surface area contributed by atoms with Crippen LogP contribution in [0.15, 0.2) is 42.7 Å². The van der Waals surface area contributed by atoms with Gasteiger partial charge in [-0.15, -0.1) is 0 Å². The van der Waals surface area contributed by atoms with E-state index in [1.54, 1.807) is 0 Å². The molecular formula is C16H18ClIN2. The van der Waals surface area contributed by atoms with Gasteiger partial charge in [-0.25, -0.2) is 0 Å². The van der Waals surface area contributed by atoms with Gasteiger partial charge in [-0.3, -0.25) is 4.98 Å². The van der Waals surface area contributed by atoms with Gasteiger partial charge in [-0.05, 0) is 83.4 Å². The fraction of sp³-hybridized carbons (Fsp3) is 0.312. The van der Waals surface area contributed by atoms with Gasteiger partial charge in [0.1, 0.15) is 0 Å². The number of nitrogens with zero attached hydrogens (tertiary/aromatic N) is 1. The maximum absolute atomic E-state index is 6.16. The van der Waals surface area contributed by atoms with Crippen molar-refractivity contribution in [3.63, 3.8) is 0 Å². The molecule has 1 atom stereocenters. The summed E-state index contributed by atoms with van der Waals surface area (Å²) in [5.41, 5.74) is 2.55. The van der Waals surface area contributed by atoms with Gasteiger partial charge >= 0.3 is 0 Å². The molecule has 106 valence electrons. The van der Waals surface area contributed by atoms with E-state index in [2.05, 4.69) is 64.1 Å². The van der Waals surface area contributed by atoms with E-state index in [0.29, 0.717) is 0 Å². The predicted molar refractivity (Wildman–Crippen MR) is 93.1 cm³/mol. The molecule has 0 saturated carbocycles. The van der Waals surface area contributed by atoms with Crippen molar-refractivity contribution in [2.75, 3.05) is 6.54 Å². The molecule has 0 spiro atoms. The topological polar surface area (TPSA) is 24.9 Å². The van der Waals surface area contributed by atoms with Crippen LogP contribution in [0.2, 0.25) is 5.02 Å². The van der Waals surface area contributed by atoms with Crippen LogP contribution in [0.5, 0.6) is 0 Å². The molecule has 2 nitrogen and oxygen atoms in total. The number of aromatic nitrogens is 1. The van der Waals surface area contributed by atoms with Crippen molar-refractivity contribution in [1.82, 2.24) is 10.3 Å². The molecule has 2 rings (SSSR count). The number of halogens is 2. The molecule has 4 heteroatoms. The standard InChI is InChI=1S/C16H18ClIN2/c1-2-7-20-16(10-12-5-8-19-9-6-12)14-11-13(17)3-4-15(14)18/h3-6,8-9,11,16,20H,2,7,10H2,1H3. The Bertz CT molecular complexity index is 545. The molecule has 0 aliphatic heterocycles. The zero-order chi connectivity index (χ0) is 14.4. The Labute approximate surface area is 139 Å². The summed E-state index contributed by atoms with van der Waals surface area (Å²) < 4.78 is 1.25. The monoisotopic (exact) mass is 400 g/mol. The van der Waals surface area contributed by atoms with E-state index in [1.165, 1.54) is 14.7 Å². The van der Waals surface area contributed by atoms with Crippen molar-refractivity contribution in [2.45, 2.75) is 25.8 Å². The first-order valence-electron chi connectivity index (χ1n) is 6.78. The lowest BCUT2D eigenvalue weighted by atomic mass is 9.99. The van der Waals surface area contributed by atoms with Crippen molar-refractivity contribution in [3.8, 4) is 0 Å². The van der Waals surface area contributed by atoms with Crippen LogP contribution in [-0.2, 0) is 6.42 Å². The average Bonchev–Trinajstić information content (AvgIpc) is 2.47. The lowest BCUT2D eigenvalue weighted by Crippen LogP contribution is -2.25. The third kappa shape index (κ3) is 4.43. The molecule has 0 radical (unpaired) electrons. The first-order chi connectivity index (χ1) is 9.70. The fourth-order valence-electron chi connectivity index (χ4n) is 2.15. The predicted octanol–water partition coefficient (Wildman–Crippen LogP) is 4.62. The molecule has 0 saturated heterocycles. The molecule has 0 fully saturated rings. The molecular weight excluding hydrogens is 383 g/mol. The van der Waals surface area contributed by atoms with Gasteiger partial charge in [0.15, 0.2) is 0 Å². The molecule has 1 unspecified atom stereocenters. The Morgan fingerprint density at radius 2 is 2.00 bits per heavy atom. The lowest BCUT2D eigenvalue weighted by Gasteiger charge is -2.21. The molecule has 1 aromatic carbocycles. The van der Waals surface area contributed by atoms with Crippen LogP contribution in [0, 0.1) is 3.57 Å². The highest BCUT2D eigenvalue weighted by atomic mass is 127. The zero-order valence-corrected chi connectivity index (χ0v) is 14.4. The molecule has 2 aromatic rings. The minimum absolute atomic E-state index is 0.281. The summed E-state index contributed by atoms with van der Waals surface area (Å²) in [5.74, 6) is 0. The molecule has 1 aromatic heterocycles. The highest BCUT2D eigenvalue weighted by Crippen LogP contribution is 2.26. The summed E-state index contributed by atoms with van der Waals surface area (Å²) in [6.07, 6.45) is 5.74.